The summed E-state index contributed by atoms with van der Waals surface area (Å²) < 4.78 is 13.1. The Morgan fingerprint density at radius 1 is 1.21 bits per heavy atom. The summed E-state index contributed by atoms with van der Waals surface area (Å²) in [5.74, 6) is 1.70. The number of imidazole rings is 1. The molecule has 0 fully saturated rings. The van der Waals surface area contributed by atoms with Crippen LogP contribution in [0.15, 0.2) is 41.9 Å². The van der Waals surface area contributed by atoms with Crippen molar-refractivity contribution >= 4 is 29.9 Å². The third kappa shape index (κ3) is 8.92. The zero-order chi connectivity index (χ0) is 19.3. The van der Waals surface area contributed by atoms with Gasteiger partial charge in [-0.3, -0.25) is 4.99 Å². The number of hydrogen-bond donors (Lipinski definition) is 2. The Hall–Kier alpha value is -1.81. The molecule has 8 heteroatoms. The number of methoxy groups -OCH3 is 1. The molecule has 1 heterocycles. The van der Waals surface area contributed by atoms with Crippen LogP contribution in [0.25, 0.3) is 0 Å². The van der Waals surface area contributed by atoms with E-state index < -0.39 is 0 Å². The van der Waals surface area contributed by atoms with Crippen molar-refractivity contribution < 1.29 is 9.47 Å². The molecule has 2 N–H and O–H groups in total. The molecule has 1 aromatic heterocycles. The molecule has 156 valence electrons. The molecule has 0 aliphatic rings. The van der Waals surface area contributed by atoms with Crippen LogP contribution in [0.4, 0.5) is 0 Å². The molecule has 0 aliphatic heterocycles. The van der Waals surface area contributed by atoms with Crippen LogP contribution in [0, 0.1) is 6.92 Å². The summed E-state index contributed by atoms with van der Waals surface area (Å²) in [6, 6.07) is 6.27. The molecule has 0 aliphatic carbocycles. The van der Waals surface area contributed by atoms with E-state index >= 15 is 0 Å². The molecular weight excluding hydrogens is 469 g/mol. The van der Waals surface area contributed by atoms with Gasteiger partial charge in [0.25, 0.3) is 0 Å². The van der Waals surface area contributed by atoms with E-state index in [9.17, 15) is 0 Å². The molecule has 1 aromatic carbocycles. The Balaban J connectivity index is 0.00000392. The maximum absolute atomic E-state index is 5.94. The third-order valence-corrected chi connectivity index (χ3v) is 4.09. The lowest BCUT2D eigenvalue weighted by molar-refractivity contribution is 0.172. The Morgan fingerprint density at radius 3 is 2.79 bits per heavy atom. The largest absolute Gasteiger partial charge is 0.493 e. The highest BCUT2D eigenvalue weighted by molar-refractivity contribution is 14.0. The first-order valence-corrected chi connectivity index (χ1v) is 9.34. The second kappa shape index (κ2) is 14.2. The standard InChI is InChI=1S/C20H31N5O2.HI/c1-17-6-7-18(19(14-17)27-13-5-12-26-3)15-24-20(21-2)23-8-4-10-25-11-9-22-16-25;/h6-7,9,11,14,16H,4-5,8,10,12-13,15H2,1-3H3,(H2,21,23,24);1H. The van der Waals surface area contributed by atoms with Crippen molar-refractivity contribution in [2.24, 2.45) is 4.99 Å². The van der Waals surface area contributed by atoms with Gasteiger partial charge in [0.2, 0.25) is 0 Å². The number of guanidine groups is 1. The van der Waals surface area contributed by atoms with E-state index in [4.69, 9.17) is 9.47 Å². The minimum absolute atomic E-state index is 0. The Morgan fingerprint density at radius 2 is 2.07 bits per heavy atom. The molecule has 0 spiro atoms. The minimum Gasteiger partial charge on any atom is -0.493 e. The lowest BCUT2D eigenvalue weighted by atomic mass is 10.1. The summed E-state index contributed by atoms with van der Waals surface area (Å²) in [6.07, 6.45) is 7.47. The van der Waals surface area contributed by atoms with E-state index in [0.717, 1.165) is 43.2 Å². The van der Waals surface area contributed by atoms with E-state index in [0.29, 0.717) is 19.8 Å². The number of benzene rings is 1. The molecular formula is C20H32IN5O2. The van der Waals surface area contributed by atoms with E-state index in [1.54, 1.807) is 20.4 Å². The first-order valence-electron chi connectivity index (χ1n) is 9.34. The maximum Gasteiger partial charge on any atom is 0.191 e. The number of halogens is 1. The van der Waals surface area contributed by atoms with Crippen molar-refractivity contribution in [1.82, 2.24) is 20.2 Å². The number of nitrogens with one attached hydrogen (secondary N) is 2. The zero-order valence-corrected chi connectivity index (χ0v) is 19.3. The van der Waals surface area contributed by atoms with Crippen LogP contribution >= 0.6 is 24.0 Å². The van der Waals surface area contributed by atoms with Gasteiger partial charge in [0, 0.05) is 64.8 Å². The first-order chi connectivity index (χ1) is 13.2. The number of hydrogen-bond acceptors (Lipinski definition) is 4. The number of ether oxygens (including phenoxy) is 2. The molecule has 0 atom stereocenters. The van der Waals surface area contributed by atoms with Crippen LogP contribution < -0.4 is 15.4 Å². The van der Waals surface area contributed by atoms with Gasteiger partial charge in [0.05, 0.1) is 12.9 Å². The average molecular weight is 501 g/mol. The number of aliphatic imine (C=N–C) groups is 1. The van der Waals surface area contributed by atoms with Crippen molar-refractivity contribution in [1.29, 1.82) is 0 Å². The summed E-state index contributed by atoms with van der Waals surface area (Å²) in [6.45, 7) is 5.84. The topological polar surface area (TPSA) is 72.7 Å². The predicted molar refractivity (Wildman–Crippen MR) is 124 cm³/mol. The van der Waals surface area contributed by atoms with E-state index in [1.165, 1.54) is 5.56 Å². The van der Waals surface area contributed by atoms with E-state index in [2.05, 4.69) is 50.3 Å². The van der Waals surface area contributed by atoms with Gasteiger partial charge in [-0.2, -0.15) is 0 Å². The van der Waals surface area contributed by atoms with Crippen molar-refractivity contribution in [3.05, 3.63) is 48.0 Å². The lowest BCUT2D eigenvalue weighted by Gasteiger charge is -2.15. The normalized spacial score (nSPS) is 11.0. The molecule has 0 bridgehead atoms. The summed E-state index contributed by atoms with van der Waals surface area (Å²) in [7, 11) is 3.48. The third-order valence-electron chi connectivity index (χ3n) is 4.09. The van der Waals surface area contributed by atoms with Crippen molar-refractivity contribution in [3.8, 4) is 5.75 Å². The smallest absolute Gasteiger partial charge is 0.191 e. The van der Waals surface area contributed by atoms with Gasteiger partial charge >= 0.3 is 0 Å². The molecule has 0 radical (unpaired) electrons. The Kier molecular flexibility index (Phi) is 12.3. The number of aromatic nitrogens is 2. The van der Waals surface area contributed by atoms with Gasteiger partial charge in [-0.05, 0) is 25.0 Å². The molecule has 28 heavy (non-hydrogen) atoms. The van der Waals surface area contributed by atoms with Crippen molar-refractivity contribution in [2.45, 2.75) is 32.9 Å². The highest BCUT2D eigenvalue weighted by Gasteiger charge is 2.06. The molecule has 7 nitrogen and oxygen atoms in total. The zero-order valence-electron chi connectivity index (χ0n) is 17.0. The second-order valence-electron chi connectivity index (χ2n) is 6.31. The van der Waals surface area contributed by atoms with Gasteiger partial charge in [0.1, 0.15) is 5.75 Å². The van der Waals surface area contributed by atoms with Crippen LogP contribution in [0.5, 0.6) is 5.75 Å². The summed E-state index contributed by atoms with van der Waals surface area (Å²) in [5.41, 5.74) is 2.29. The number of rotatable bonds is 11. The molecule has 0 unspecified atom stereocenters. The van der Waals surface area contributed by atoms with Crippen LogP contribution in [-0.4, -0.2) is 49.4 Å². The van der Waals surface area contributed by atoms with E-state index in [-0.39, 0.29) is 24.0 Å². The predicted octanol–water partition coefficient (Wildman–Crippen LogP) is 2.98. The van der Waals surface area contributed by atoms with Crippen LogP contribution in [0.3, 0.4) is 0 Å². The van der Waals surface area contributed by atoms with Crippen LogP contribution in [0.1, 0.15) is 24.0 Å². The van der Waals surface area contributed by atoms with Gasteiger partial charge < -0.3 is 24.7 Å². The molecule has 0 amide bonds. The Labute approximate surface area is 185 Å². The van der Waals surface area contributed by atoms with Crippen molar-refractivity contribution in [3.63, 3.8) is 0 Å². The van der Waals surface area contributed by atoms with Crippen LogP contribution in [-0.2, 0) is 17.8 Å². The molecule has 2 aromatic rings. The van der Waals surface area contributed by atoms with E-state index in [1.807, 2.05) is 12.5 Å². The maximum atomic E-state index is 5.94. The lowest BCUT2D eigenvalue weighted by Crippen LogP contribution is -2.37. The highest BCUT2D eigenvalue weighted by Crippen LogP contribution is 2.20. The summed E-state index contributed by atoms with van der Waals surface area (Å²) in [4.78, 5) is 8.34. The van der Waals surface area contributed by atoms with Gasteiger partial charge in [-0.1, -0.05) is 12.1 Å². The van der Waals surface area contributed by atoms with Gasteiger partial charge in [0.15, 0.2) is 5.96 Å². The SMILES string of the molecule is CN=C(NCCCn1ccnc1)NCc1ccc(C)cc1OCCCOC.I. The molecule has 2 rings (SSSR count). The fourth-order valence-electron chi connectivity index (χ4n) is 2.61. The van der Waals surface area contributed by atoms with Crippen LogP contribution in [0.2, 0.25) is 0 Å². The molecule has 0 saturated heterocycles. The monoisotopic (exact) mass is 501 g/mol. The molecule has 0 saturated carbocycles. The fraction of sp³-hybridized carbons (Fsp3) is 0.500. The Bertz CT molecular complexity index is 692. The number of aryl methyl sites for hydroxylation is 2. The highest BCUT2D eigenvalue weighted by atomic mass is 127. The van der Waals surface area contributed by atoms with Gasteiger partial charge in [-0.15, -0.1) is 24.0 Å². The average Bonchev–Trinajstić information content (AvgIpc) is 3.19. The van der Waals surface area contributed by atoms with Crippen molar-refractivity contribution in [2.75, 3.05) is 33.9 Å². The first kappa shape index (κ1) is 24.2. The summed E-state index contributed by atoms with van der Waals surface area (Å²) >= 11 is 0. The fourth-order valence-corrected chi connectivity index (χ4v) is 2.61. The van der Waals surface area contributed by atoms with Gasteiger partial charge in [-0.25, -0.2) is 4.98 Å². The minimum atomic E-state index is 0. The quantitative estimate of drug-likeness (QED) is 0.215. The number of nitrogens with zero attached hydrogens (tertiary/aromatic N) is 3. The second-order valence-corrected chi connectivity index (χ2v) is 6.31. The summed E-state index contributed by atoms with van der Waals surface area (Å²) in [5, 5.41) is 6.70.